The van der Waals surface area contributed by atoms with Crippen molar-refractivity contribution in [3.05, 3.63) is 48.3 Å². The van der Waals surface area contributed by atoms with Crippen LogP contribution < -0.4 is 5.32 Å². The van der Waals surface area contributed by atoms with Crippen LogP contribution in [0, 0.1) is 0 Å². The zero-order chi connectivity index (χ0) is 12.5. The minimum Gasteiger partial charge on any atom is -0.360 e. The highest BCUT2D eigenvalue weighted by atomic mass is 16.1. The molecule has 3 rings (SSSR count). The Morgan fingerprint density at radius 1 is 1.33 bits per heavy atom. The van der Waals surface area contributed by atoms with Crippen LogP contribution in [0.25, 0.3) is 10.9 Å². The van der Waals surface area contributed by atoms with Crippen LogP contribution in [-0.2, 0) is 7.05 Å². The molecule has 0 unspecified atom stereocenters. The molecule has 0 fully saturated rings. The highest BCUT2D eigenvalue weighted by Gasteiger charge is 2.12. The number of aryl methyl sites for hydroxylation is 1. The standard InChI is InChI=1S/C13H12N4O/c1-17-12(6-7-15-17)16-13(18)10-8-14-11-5-3-2-4-9(10)11/h2-8,14H,1H3,(H,16,18). The van der Waals surface area contributed by atoms with E-state index in [2.05, 4.69) is 15.4 Å². The minimum atomic E-state index is -0.143. The van der Waals surface area contributed by atoms with Crippen molar-refractivity contribution in [2.24, 2.45) is 7.05 Å². The van der Waals surface area contributed by atoms with Crippen molar-refractivity contribution in [2.75, 3.05) is 5.32 Å². The molecule has 0 saturated carbocycles. The lowest BCUT2D eigenvalue weighted by molar-refractivity contribution is 0.102. The van der Waals surface area contributed by atoms with E-state index in [1.165, 1.54) is 0 Å². The largest absolute Gasteiger partial charge is 0.360 e. The molecule has 0 radical (unpaired) electrons. The van der Waals surface area contributed by atoms with Crippen molar-refractivity contribution in [3.63, 3.8) is 0 Å². The van der Waals surface area contributed by atoms with E-state index in [1.54, 1.807) is 30.2 Å². The molecule has 0 bridgehead atoms. The van der Waals surface area contributed by atoms with E-state index in [4.69, 9.17) is 0 Å². The van der Waals surface area contributed by atoms with Crippen LogP contribution in [0.3, 0.4) is 0 Å². The third-order valence-electron chi connectivity index (χ3n) is 2.90. The predicted molar refractivity (Wildman–Crippen MR) is 69.5 cm³/mol. The lowest BCUT2D eigenvalue weighted by Gasteiger charge is -2.04. The summed E-state index contributed by atoms with van der Waals surface area (Å²) in [4.78, 5) is 15.2. The van der Waals surface area contributed by atoms with E-state index < -0.39 is 0 Å². The van der Waals surface area contributed by atoms with Crippen LogP contribution >= 0.6 is 0 Å². The molecule has 2 aromatic heterocycles. The summed E-state index contributed by atoms with van der Waals surface area (Å²) in [5.74, 6) is 0.529. The van der Waals surface area contributed by atoms with E-state index in [1.807, 2.05) is 24.3 Å². The first-order valence-corrected chi connectivity index (χ1v) is 5.61. The molecule has 0 aliphatic carbocycles. The molecule has 0 spiro atoms. The fourth-order valence-electron chi connectivity index (χ4n) is 1.94. The van der Waals surface area contributed by atoms with Gasteiger partial charge in [-0.2, -0.15) is 5.10 Å². The highest BCUT2D eigenvalue weighted by Crippen LogP contribution is 2.18. The van der Waals surface area contributed by atoms with E-state index in [9.17, 15) is 4.79 Å². The third kappa shape index (κ3) is 1.66. The summed E-state index contributed by atoms with van der Waals surface area (Å²) < 4.78 is 1.62. The molecule has 1 aromatic carbocycles. The maximum atomic E-state index is 12.2. The molecule has 1 amide bonds. The SMILES string of the molecule is Cn1nccc1NC(=O)c1c[nH]c2ccccc12. The van der Waals surface area contributed by atoms with Crippen molar-refractivity contribution in [1.82, 2.24) is 14.8 Å². The van der Waals surface area contributed by atoms with Crippen LogP contribution in [0.5, 0.6) is 0 Å². The van der Waals surface area contributed by atoms with Crippen LogP contribution in [0.2, 0.25) is 0 Å². The maximum Gasteiger partial charge on any atom is 0.258 e. The first kappa shape index (κ1) is 10.6. The van der Waals surface area contributed by atoms with Crippen molar-refractivity contribution < 1.29 is 4.79 Å². The molecule has 2 heterocycles. The Bertz CT molecular complexity index is 710. The Morgan fingerprint density at radius 2 is 2.17 bits per heavy atom. The molecule has 0 aliphatic rings. The summed E-state index contributed by atoms with van der Waals surface area (Å²) >= 11 is 0. The van der Waals surface area contributed by atoms with Gasteiger partial charge in [0.15, 0.2) is 0 Å². The van der Waals surface area contributed by atoms with Crippen LogP contribution in [0.15, 0.2) is 42.7 Å². The molecule has 18 heavy (non-hydrogen) atoms. The number of carbonyl (C=O) groups excluding carboxylic acids is 1. The minimum absolute atomic E-state index is 0.143. The highest BCUT2D eigenvalue weighted by molar-refractivity contribution is 6.12. The number of anilines is 1. The Kier molecular flexibility index (Phi) is 2.37. The molecular formula is C13H12N4O. The van der Waals surface area contributed by atoms with E-state index in [0.29, 0.717) is 11.4 Å². The second-order valence-corrected chi connectivity index (χ2v) is 4.04. The Labute approximate surface area is 103 Å². The number of hydrogen-bond acceptors (Lipinski definition) is 2. The number of rotatable bonds is 2. The molecule has 2 N–H and O–H groups in total. The van der Waals surface area contributed by atoms with Gasteiger partial charge in [0.2, 0.25) is 0 Å². The van der Waals surface area contributed by atoms with Gasteiger partial charge in [-0.1, -0.05) is 18.2 Å². The van der Waals surface area contributed by atoms with Gasteiger partial charge in [0, 0.05) is 30.2 Å². The number of carbonyl (C=O) groups is 1. The summed E-state index contributed by atoms with van der Waals surface area (Å²) in [5, 5.41) is 7.75. The number of nitrogens with zero attached hydrogens (tertiary/aromatic N) is 2. The Hall–Kier alpha value is -2.56. The van der Waals surface area contributed by atoms with Gasteiger partial charge in [-0.05, 0) is 6.07 Å². The zero-order valence-electron chi connectivity index (χ0n) is 9.84. The number of benzene rings is 1. The lowest BCUT2D eigenvalue weighted by Crippen LogP contribution is -2.14. The molecular weight excluding hydrogens is 228 g/mol. The summed E-state index contributed by atoms with van der Waals surface area (Å²) in [5.41, 5.74) is 1.58. The van der Waals surface area contributed by atoms with Gasteiger partial charge in [-0.25, -0.2) is 0 Å². The molecule has 0 atom stereocenters. The first-order chi connectivity index (χ1) is 8.75. The average molecular weight is 240 g/mol. The Morgan fingerprint density at radius 3 is 2.94 bits per heavy atom. The second kappa shape index (κ2) is 4.03. The number of aromatic nitrogens is 3. The van der Waals surface area contributed by atoms with Gasteiger partial charge >= 0.3 is 0 Å². The molecule has 0 aliphatic heterocycles. The number of hydrogen-bond donors (Lipinski definition) is 2. The van der Waals surface area contributed by atoms with Gasteiger partial charge in [0.05, 0.1) is 11.8 Å². The summed E-state index contributed by atoms with van der Waals surface area (Å²) in [7, 11) is 1.78. The van der Waals surface area contributed by atoms with Crippen LogP contribution in [0.4, 0.5) is 5.82 Å². The molecule has 5 heteroatoms. The third-order valence-corrected chi connectivity index (χ3v) is 2.90. The summed E-state index contributed by atoms with van der Waals surface area (Å²) in [6.45, 7) is 0. The van der Waals surface area contributed by atoms with Crippen molar-refractivity contribution in [3.8, 4) is 0 Å². The fourth-order valence-corrected chi connectivity index (χ4v) is 1.94. The molecule has 90 valence electrons. The monoisotopic (exact) mass is 240 g/mol. The fraction of sp³-hybridized carbons (Fsp3) is 0.0769. The molecule has 3 aromatic rings. The van der Waals surface area contributed by atoms with E-state index >= 15 is 0 Å². The zero-order valence-corrected chi connectivity index (χ0v) is 9.84. The molecule has 0 saturated heterocycles. The normalized spacial score (nSPS) is 10.7. The van der Waals surface area contributed by atoms with Crippen molar-refractivity contribution in [2.45, 2.75) is 0 Å². The van der Waals surface area contributed by atoms with E-state index in [0.717, 1.165) is 10.9 Å². The number of H-pyrrole nitrogens is 1. The average Bonchev–Trinajstić information content (AvgIpc) is 2.96. The van der Waals surface area contributed by atoms with Gasteiger partial charge in [0.1, 0.15) is 5.82 Å². The van der Waals surface area contributed by atoms with Crippen molar-refractivity contribution in [1.29, 1.82) is 0 Å². The number of aromatic amines is 1. The van der Waals surface area contributed by atoms with Gasteiger partial charge < -0.3 is 10.3 Å². The summed E-state index contributed by atoms with van der Waals surface area (Å²) in [6.07, 6.45) is 3.36. The Balaban J connectivity index is 1.95. The lowest BCUT2D eigenvalue weighted by atomic mass is 10.1. The topological polar surface area (TPSA) is 62.7 Å². The van der Waals surface area contributed by atoms with Gasteiger partial charge in [-0.15, -0.1) is 0 Å². The van der Waals surface area contributed by atoms with Gasteiger partial charge in [-0.3, -0.25) is 9.48 Å². The van der Waals surface area contributed by atoms with Gasteiger partial charge in [0.25, 0.3) is 5.91 Å². The van der Waals surface area contributed by atoms with Crippen molar-refractivity contribution >= 4 is 22.6 Å². The van der Waals surface area contributed by atoms with Crippen LogP contribution in [0.1, 0.15) is 10.4 Å². The maximum absolute atomic E-state index is 12.2. The second-order valence-electron chi connectivity index (χ2n) is 4.04. The van der Waals surface area contributed by atoms with Crippen LogP contribution in [-0.4, -0.2) is 20.7 Å². The smallest absolute Gasteiger partial charge is 0.258 e. The number of amides is 1. The van der Waals surface area contributed by atoms with E-state index in [-0.39, 0.29) is 5.91 Å². The number of para-hydroxylation sites is 1. The molecule has 5 nitrogen and oxygen atoms in total. The summed E-state index contributed by atoms with van der Waals surface area (Å²) in [6, 6.07) is 9.46. The first-order valence-electron chi connectivity index (χ1n) is 5.61. The predicted octanol–water partition coefficient (Wildman–Crippen LogP) is 2.15. The number of nitrogens with one attached hydrogen (secondary N) is 2. The number of fused-ring (bicyclic) bond motifs is 1. The quantitative estimate of drug-likeness (QED) is 0.721.